The van der Waals surface area contributed by atoms with Crippen molar-refractivity contribution in [1.82, 2.24) is 4.98 Å². The van der Waals surface area contributed by atoms with Crippen LogP contribution in [0.25, 0.3) is 10.9 Å². The topological polar surface area (TPSA) is 12.9 Å². The number of aromatic nitrogens is 1. The van der Waals surface area contributed by atoms with Gasteiger partial charge in [0.05, 0.1) is 5.52 Å². The monoisotopic (exact) mass is 261 g/mol. The minimum Gasteiger partial charge on any atom is -0.253 e. The Morgan fingerprint density at radius 2 is 1.94 bits per heavy atom. The quantitative estimate of drug-likeness (QED) is 0.529. The van der Waals surface area contributed by atoms with E-state index in [1.807, 2.05) is 12.1 Å². The molecule has 1 unspecified atom stereocenters. The highest BCUT2D eigenvalue weighted by Crippen LogP contribution is 2.17. The summed E-state index contributed by atoms with van der Waals surface area (Å²) in [5, 5.41) is 1.41. The molecule has 1 nitrogen and oxygen atoms in total. The Morgan fingerprint density at radius 1 is 1.11 bits per heavy atom. The lowest BCUT2D eigenvalue weighted by Gasteiger charge is -2.09. The van der Waals surface area contributed by atoms with E-state index < -0.39 is 0 Å². The van der Waals surface area contributed by atoms with Gasteiger partial charge < -0.3 is 0 Å². The summed E-state index contributed by atoms with van der Waals surface area (Å²) in [5.74, 6) is 0. The lowest BCUT2D eigenvalue weighted by atomic mass is 10.1. The van der Waals surface area contributed by atoms with E-state index in [-0.39, 0.29) is 5.38 Å². The molecule has 1 aromatic carbocycles. The van der Waals surface area contributed by atoms with Crippen LogP contribution in [-0.4, -0.2) is 10.4 Å². The standard InChI is InChI=1S/C16H20ClN/c1-2-3-4-8-14(17)12-15-11-10-13-7-5-6-9-16(13)18-15/h5-7,9-11,14H,2-4,8,12H2,1H3. The summed E-state index contributed by atoms with van der Waals surface area (Å²) in [6.45, 7) is 2.22. The first kappa shape index (κ1) is 13.4. The van der Waals surface area contributed by atoms with Crippen LogP contribution in [-0.2, 0) is 6.42 Å². The van der Waals surface area contributed by atoms with Crippen molar-refractivity contribution in [2.45, 2.75) is 44.4 Å². The van der Waals surface area contributed by atoms with Gasteiger partial charge in [0.25, 0.3) is 0 Å². The van der Waals surface area contributed by atoms with Crippen LogP contribution in [0.2, 0.25) is 0 Å². The maximum Gasteiger partial charge on any atom is 0.0705 e. The lowest BCUT2D eigenvalue weighted by molar-refractivity contribution is 0.634. The Hall–Kier alpha value is -1.08. The molecular formula is C16H20ClN. The zero-order valence-corrected chi connectivity index (χ0v) is 11.7. The number of unbranched alkanes of at least 4 members (excludes halogenated alkanes) is 2. The van der Waals surface area contributed by atoms with Crippen LogP contribution in [0.4, 0.5) is 0 Å². The SMILES string of the molecule is CCCCCC(Cl)Cc1ccc2ccccc2n1. The molecule has 1 heterocycles. The van der Waals surface area contributed by atoms with Crippen molar-refractivity contribution in [1.29, 1.82) is 0 Å². The van der Waals surface area contributed by atoms with Gasteiger partial charge in [-0.3, -0.25) is 4.98 Å². The minimum absolute atomic E-state index is 0.213. The summed E-state index contributed by atoms with van der Waals surface area (Å²) in [6, 6.07) is 12.4. The van der Waals surface area contributed by atoms with E-state index in [0.29, 0.717) is 0 Å². The first-order valence-corrected chi connectivity index (χ1v) is 7.22. The molecule has 0 amide bonds. The Bertz CT molecular complexity index is 495. The molecule has 0 saturated heterocycles. The number of hydrogen-bond acceptors (Lipinski definition) is 1. The number of halogens is 1. The average molecular weight is 262 g/mol. The second-order valence-corrected chi connectivity index (χ2v) is 5.41. The highest BCUT2D eigenvalue weighted by Gasteiger charge is 2.07. The Kier molecular flexibility index (Phi) is 5.00. The fourth-order valence-corrected chi connectivity index (χ4v) is 2.48. The molecular weight excluding hydrogens is 242 g/mol. The molecule has 1 atom stereocenters. The van der Waals surface area contributed by atoms with Gasteiger partial charge in [0.1, 0.15) is 0 Å². The number of para-hydroxylation sites is 1. The second kappa shape index (κ2) is 6.75. The number of alkyl halides is 1. The molecule has 0 spiro atoms. The number of nitrogens with zero attached hydrogens (tertiary/aromatic N) is 1. The van der Waals surface area contributed by atoms with Crippen LogP contribution < -0.4 is 0 Å². The molecule has 0 N–H and O–H groups in total. The van der Waals surface area contributed by atoms with Gasteiger partial charge in [-0.2, -0.15) is 0 Å². The molecule has 0 radical (unpaired) electrons. The normalized spacial score (nSPS) is 12.8. The highest BCUT2D eigenvalue weighted by atomic mass is 35.5. The van der Waals surface area contributed by atoms with Gasteiger partial charge in [0.2, 0.25) is 0 Å². The number of rotatable bonds is 6. The third-order valence-corrected chi connectivity index (χ3v) is 3.58. The van der Waals surface area contributed by atoms with Gasteiger partial charge in [-0.15, -0.1) is 11.6 Å². The van der Waals surface area contributed by atoms with Crippen LogP contribution in [0.1, 0.15) is 38.3 Å². The summed E-state index contributed by atoms with van der Waals surface area (Å²) in [7, 11) is 0. The van der Waals surface area contributed by atoms with Crippen LogP contribution in [0.5, 0.6) is 0 Å². The molecule has 0 aliphatic carbocycles. The van der Waals surface area contributed by atoms with Crippen molar-refractivity contribution >= 4 is 22.5 Å². The summed E-state index contributed by atoms with van der Waals surface area (Å²) in [6.07, 6.45) is 5.70. The summed E-state index contributed by atoms with van der Waals surface area (Å²) >= 11 is 6.36. The van der Waals surface area contributed by atoms with Crippen molar-refractivity contribution in [3.05, 3.63) is 42.1 Å². The van der Waals surface area contributed by atoms with Crippen LogP contribution >= 0.6 is 11.6 Å². The average Bonchev–Trinajstić information content (AvgIpc) is 2.39. The molecule has 0 aliphatic rings. The first-order valence-electron chi connectivity index (χ1n) is 6.78. The van der Waals surface area contributed by atoms with E-state index in [2.05, 4.69) is 36.2 Å². The van der Waals surface area contributed by atoms with Gasteiger partial charge in [0, 0.05) is 22.9 Å². The predicted molar refractivity (Wildman–Crippen MR) is 79.2 cm³/mol. The molecule has 96 valence electrons. The van der Waals surface area contributed by atoms with E-state index in [9.17, 15) is 0 Å². The zero-order valence-electron chi connectivity index (χ0n) is 10.9. The van der Waals surface area contributed by atoms with Gasteiger partial charge in [-0.25, -0.2) is 0 Å². The van der Waals surface area contributed by atoms with E-state index in [0.717, 1.165) is 24.1 Å². The molecule has 0 fully saturated rings. The molecule has 18 heavy (non-hydrogen) atoms. The molecule has 0 bridgehead atoms. The third kappa shape index (κ3) is 3.71. The third-order valence-electron chi connectivity index (χ3n) is 3.21. The van der Waals surface area contributed by atoms with Gasteiger partial charge in [-0.05, 0) is 18.6 Å². The molecule has 0 saturated carbocycles. The van der Waals surface area contributed by atoms with Crippen molar-refractivity contribution in [3.63, 3.8) is 0 Å². The van der Waals surface area contributed by atoms with Crippen LogP contribution in [0.15, 0.2) is 36.4 Å². The molecule has 2 aromatic rings. The van der Waals surface area contributed by atoms with Gasteiger partial charge >= 0.3 is 0 Å². The Morgan fingerprint density at radius 3 is 2.78 bits per heavy atom. The van der Waals surface area contributed by atoms with E-state index in [1.165, 1.54) is 24.6 Å². The van der Waals surface area contributed by atoms with E-state index in [4.69, 9.17) is 11.6 Å². The number of benzene rings is 1. The zero-order chi connectivity index (χ0) is 12.8. The van der Waals surface area contributed by atoms with E-state index >= 15 is 0 Å². The van der Waals surface area contributed by atoms with Crippen molar-refractivity contribution in [3.8, 4) is 0 Å². The maximum absolute atomic E-state index is 6.36. The van der Waals surface area contributed by atoms with E-state index in [1.54, 1.807) is 0 Å². The predicted octanol–water partition coefficient (Wildman–Crippen LogP) is 4.97. The largest absolute Gasteiger partial charge is 0.253 e. The van der Waals surface area contributed by atoms with Crippen LogP contribution in [0, 0.1) is 0 Å². The van der Waals surface area contributed by atoms with Crippen molar-refractivity contribution in [2.75, 3.05) is 0 Å². The van der Waals surface area contributed by atoms with Gasteiger partial charge in [-0.1, -0.05) is 50.5 Å². The van der Waals surface area contributed by atoms with Crippen molar-refractivity contribution < 1.29 is 0 Å². The Balaban J connectivity index is 1.98. The minimum atomic E-state index is 0.213. The number of hydrogen-bond donors (Lipinski definition) is 0. The Labute approximate surface area is 114 Å². The molecule has 2 rings (SSSR count). The molecule has 2 heteroatoms. The number of pyridine rings is 1. The highest BCUT2D eigenvalue weighted by molar-refractivity contribution is 6.20. The lowest BCUT2D eigenvalue weighted by Crippen LogP contribution is -2.05. The molecule has 1 aromatic heterocycles. The summed E-state index contributed by atoms with van der Waals surface area (Å²) in [4.78, 5) is 4.66. The van der Waals surface area contributed by atoms with Crippen LogP contribution in [0.3, 0.4) is 0 Å². The van der Waals surface area contributed by atoms with Gasteiger partial charge in [0.15, 0.2) is 0 Å². The van der Waals surface area contributed by atoms with Crippen molar-refractivity contribution in [2.24, 2.45) is 0 Å². The number of fused-ring (bicyclic) bond motifs is 1. The smallest absolute Gasteiger partial charge is 0.0705 e. The fraction of sp³-hybridized carbons (Fsp3) is 0.438. The maximum atomic E-state index is 6.36. The fourth-order valence-electron chi connectivity index (χ4n) is 2.17. The summed E-state index contributed by atoms with van der Waals surface area (Å²) < 4.78 is 0. The molecule has 0 aliphatic heterocycles. The summed E-state index contributed by atoms with van der Waals surface area (Å²) in [5.41, 5.74) is 2.16. The second-order valence-electron chi connectivity index (χ2n) is 4.79. The first-order chi connectivity index (χ1) is 8.79.